The van der Waals surface area contributed by atoms with Gasteiger partial charge in [0, 0.05) is 127 Å². The molecule has 0 saturated carbocycles. The van der Waals surface area contributed by atoms with Crippen LogP contribution >= 0.6 is 0 Å². The first kappa shape index (κ1) is 95.2. The molecule has 0 unspecified atom stereocenters. The summed E-state index contributed by atoms with van der Waals surface area (Å²) < 4.78 is 43.7. The van der Waals surface area contributed by atoms with Crippen molar-refractivity contribution >= 4 is 88.0 Å². The number of para-hydroxylation sites is 4. The second-order valence-corrected chi connectivity index (χ2v) is 34.2. The van der Waals surface area contributed by atoms with E-state index in [0.717, 1.165) is 147 Å². The van der Waals surface area contributed by atoms with Crippen molar-refractivity contribution in [3.05, 3.63) is 447 Å². The summed E-state index contributed by atoms with van der Waals surface area (Å²) in [5.41, 5.74) is 13.4. The minimum Gasteiger partial charge on any atom is -0.429 e. The van der Waals surface area contributed by atoms with Crippen molar-refractivity contribution < 1.29 is 93.0 Å². The Labute approximate surface area is 850 Å². The van der Waals surface area contributed by atoms with E-state index in [2.05, 4.69) is 170 Å². The number of hydrogen-bond acceptors (Lipinski definition) is 14. The second-order valence-electron chi connectivity index (χ2n) is 34.2. The van der Waals surface area contributed by atoms with Gasteiger partial charge in [-0.05, 0) is 127 Å². The first-order valence-electron chi connectivity index (χ1n) is 43.5. The van der Waals surface area contributed by atoms with Gasteiger partial charge in [-0.1, -0.05) is 263 Å². The molecule has 0 bridgehead atoms. The number of aromatic nitrogens is 22. The number of hydrogen-bond donors (Lipinski definition) is 0. The third kappa shape index (κ3) is 18.2. The zero-order valence-electron chi connectivity index (χ0n) is 75.2. The summed E-state index contributed by atoms with van der Waals surface area (Å²) in [5, 5.41) is 5.35. The van der Waals surface area contributed by atoms with Gasteiger partial charge in [-0.2, -0.15) is 0 Å². The maximum Gasteiger partial charge on any atom is 2.00 e. The Morgan fingerprint density at radius 1 is 0.210 bits per heavy atom. The predicted molar refractivity (Wildman–Crippen MR) is 514 cm³/mol. The average Bonchev–Trinajstić information content (AvgIpc) is 1.54. The van der Waals surface area contributed by atoms with Gasteiger partial charge < -0.3 is 46.5 Å². The molecule has 0 atom stereocenters. The van der Waals surface area contributed by atoms with E-state index in [9.17, 15) is 8.78 Å². The van der Waals surface area contributed by atoms with Crippen molar-refractivity contribution in [3.8, 4) is 46.5 Å². The Morgan fingerprint density at radius 2 is 0.442 bits per heavy atom. The number of rotatable bonds is 16. The van der Waals surface area contributed by atoms with Crippen LogP contribution in [0, 0.1) is 61.2 Å². The Kier molecular flexibility index (Phi) is 27.4. The van der Waals surface area contributed by atoms with Crippen molar-refractivity contribution in [3.63, 3.8) is 0 Å². The van der Waals surface area contributed by atoms with Crippen LogP contribution in [0.4, 0.5) is 8.78 Å². The first-order chi connectivity index (χ1) is 65.3. The molecule has 0 aliphatic rings. The number of fused-ring (bicyclic) bond motifs is 8. The van der Waals surface area contributed by atoms with Gasteiger partial charge in [0.05, 0.1) is 58.2 Å². The molecule has 24 rings (SSSR count). The van der Waals surface area contributed by atoms with E-state index < -0.39 is 33.3 Å². The van der Waals surface area contributed by atoms with Gasteiger partial charge in [0.1, 0.15) is 0 Å². The molecule has 138 heavy (non-hydrogen) atoms. The molecule has 24 aromatic rings. The van der Waals surface area contributed by atoms with Crippen LogP contribution in [0.1, 0.15) is 101 Å². The molecular formula is C110H80F2N22Pt4. The zero-order chi connectivity index (χ0) is 91.4. The molecule has 0 aliphatic carbocycles. The van der Waals surface area contributed by atoms with E-state index in [1.165, 1.54) is 0 Å². The molecule has 22 nitrogen and oxygen atoms in total. The second kappa shape index (κ2) is 39.7. The van der Waals surface area contributed by atoms with Crippen LogP contribution in [0.5, 0.6) is 0 Å². The third-order valence-electron chi connectivity index (χ3n) is 24.3. The van der Waals surface area contributed by atoms with E-state index in [-0.39, 0.29) is 84.3 Å². The summed E-state index contributed by atoms with van der Waals surface area (Å²) in [6.07, 6.45) is 35.3. The SMILES string of the molecule is CC(C)(c1cccc(-n2[c-]c(F)c3ccccc32)n1)c1cccc(-n2[c-]c(F)c3ccccc32)n1.CC(C)(c1cccc(-n2[c-]cc3ccccc32)n1)c1cccc(-n2[c-]cc3ccccc32)n1.CC(C)(c1cccc(-n2[c-]cc3cccnc32)n1)c1cccc(-n2[c-]cc3cccnc32)n1.CC(C)(c1cccc(-n2[c-]cc3nccnc32)n1)c1cccc(-n2[c-]cc3nccnc32)n1.[Pt+2].[Pt+2].[Pt+2].[Pt+2]. The molecule has 20 heterocycles. The summed E-state index contributed by atoms with van der Waals surface area (Å²) in [6.45, 7) is 16.9. The molecule has 0 N–H and O–H groups in total. The molecule has 0 amide bonds. The third-order valence-corrected chi connectivity index (χ3v) is 24.3. The largest absolute Gasteiger partial charge is 2.00 e. The fourth-order valence-corrected chi connectivity index (χ4v) is 16.7. The van der Waals surface area contributed by atoms with Crippen LogP contribution in [0.2, 0.25) is 0 Å². The molecule has 28 heteroatoms. The van der Waals surface area contributed by atoms with E-state index >= 15 is 0 Å². The summed E-state index contributed by atoms with van der Waals surface area (Å²) >= 11 is 0. The van der Waals surface area contributed by atoms with Crippen LogP contribution in [-0.2, 0) is 106 Å². The molecule has 0 saturated heterocycles. The Balaban J connectivity index is 0.000000126. The number of halogens is 2. The van der Waals surface area contributed by atoms with Crippen molar-refractivity contribution in [2.45, 2.75) is 77.0 Å². The fourth-order valence-electron chi connectivity index (χ4n) is 16.7. The minimum atomic E-state index is -0.588. The summed E-state index contributed by atoms with van der Waals surface area (Å²) in [6, 6.07) is 97.9. The smallest absolute Gasteiger partial charge is 0.429 e. The predicted octanol–water partition coefficient (Wildman–Crippen LogP) is 21.8. The Bertz CT molecular complexity index is 7470. The van der Waals surface area contributed by atoms with Crippen LogP contribution in [-0.4, -0.2) is 106 Å². The summed E-state index contributed by atoms with van der Waals surface area (Å²) in [7, 11) is 0. The molecule has 0 fully saturated rings. The average molecular weight is 2530 g/mol. The Hall–Kier alpha value is -14.5. The topological polar surface area (TPSA) is 220 Å². The molecule has 0 radical (unpaired) electrons. The van der Waals surface area contributed by atoms with Gasteiger partial charge in [-0.15, -0.1) is 83.6 Å². The number of pyridine rings is 10. The van der Waals surface area contributed by atoms with E-state index in [0.29, 0.717) is 33.4 Å². The molecule has 20 aromatic heterocycles. The van der Waals surface area contributed by atoms with Crippen molar-refractivity contribution in [1.29, 1.82) is 0 Å². The number of nitrogens with zero attached hydrogens (tertiary/aromatic N) is 22. The van der Waals surface area contributed by atoms with E-state index in [1.807, 2.05) is 272 Å². The molecular weight excluding hydrogens is 2450 g/mol. The van der Waals surface area contributed by atoms with Crippen molar-refractivity contribution in [2.75, 3.05) is 0 Å². The van der Waals surface area contributed by atoms with Gasteiger partial charge in [0.15, 0.2) is 0 Å². The van der Waals surface area contributed by atoms with Crippen LogP contribution in [0.25, 0.3) is 135 Å². The van der Waals surface area contributed by atoms with E-state index in [4.69, 9.17) is 39.9 Å². The summed E-state index contributed by atoms with van der Waals surface area (Å²) in [4.78, 5) is 66.2. The first-order valence-corrected chi connectivity index (χ1v) is 43.5. The van der Waals surface area contributed by atoms with Gasteiger partial charge in [0.2, 0.25) is 0 Å². The van der Waals surface area contributed by atoms with Gasteiger partial charge in [-0.25, -0.2) is 8.78 Å². The quantitative estimate of drug-likeness (QED) is 0.0822. The van der Waals surface area contributed by atoms with Crippen molar-refractivity contribution in [2.24, 2.45) is 0 Å². The monoisotopic (exact) mass is 2530 g/mol. The van der Waals surface area contributed by atoms with Gasteiger partial charge in [-0.3, -0.25) is 59.8 Å². The molecule has 0 aliphatic heterocycles. The van der Waals surface area contributed by atoms with Gasteiger partial charge in [0.25, 0.3) is 0 Å². The molecule has 4 aromatic carbocycles. The van der Waals surface area contributed by atoms with Gasteiger partial charge >= 0.3 is 84.3 Å². The van der Waals surface area contributed by atoms with Crippen LogP contribution < -0.4 is 0 Å². The maximum absolute atomic E-state index is 14.5. The summed E-state index contributed by atoms with van der Waals surface area (Å²) in [5.74, 6) is 5.02. The normalized spacial score (nSPS) is 11.6. The zero-order valence-corrected chi connectivity index (χ0v) is 84.3. The van der Waals surface area contributed by atoms with E-state index in [1.54, 1.807) is 70.6 Å². The standard InChI is InChI=1S/C29H20F2N4.C29H22N4.C27H20N6.C25H18N8.4Pt/c1-29(2,25-13-7-15-27(32-25)34-17-21(30)19-9-3-5-11-23(19)34)26-14-8-16-28(33-26)35-18-22(31)20-10-4-6-12-24(20)35;1-29(2,25-13-7-15-27(30-25)32-19-17-21-9-3-5-11-23(21)32)26-14-8-16-28(31-26)33-20-18-22-10-4-6-12-24(22)33;1-27(2,21-9-3-11-23(30-21)32-17-13-19-7-5-15-28-25(19)32)22-10-4-12-24(31-22)33-18-14-20-8-6-16-29-26(20)33;1-25(2,19-5-3-7-21(30-19)32-15-9-17-23(32)28-13-11-26-17)20-6-4-8-22(31-20)33-16-10-18-24(33)29-14-12-27-18;;;;/h3-16H,1-2H3;3-18H,1-2H3;3-16H,1-2H3;3-14H,1-2H3;;;;/q4*-2;4*+2. The minimum absolute atomic E-state index is 0. The number of benzene rings is 4. The molecule has 0 spiro atoms. The van der Waals surface area contributed by atoms with Crippen LogP contribution in [0.15, 0.2) is 340 Å². The maximum atomic E-state index is 14.5. The van der Waals surface area contributed by atoms with Crippen molar-refractivity contribution in [1.82, 2.24) is 106 Å². The molecule has 684 valence electrons. The fraction of sp³-hybridized carbons (Fsp3) is 0.109. The van der Waals surface area contributed by atoms with Crippen LogP contribution in [0.3, 0.4) is 0 Å². The Morgan fingerprint density at radius 3 is 0.761 bits per heavy atom.